The molecule has 43 heavy (non-hydrogen) atoms. The lowest BCUT2D eigenvalue weighted by Gasteiger charge is -2.21. The van der Waals surface area contributed by atoms with Crippen LogP contribution >= 0.6 is 11.6 Å². The normalized spacial score (nSPS) is 17.5. The van der Waals surface area contributed by atoms with Gasteiger partial charge in [-0.1, -0.05) is 42.5 Å². The largest absolute Gasteiger partial charge is 0.398 e. The summed E-state index contributed by atoms with van der Waals surface area (Å²) in [7, 11) is 2.22. The van der Waals surface area contributed by atoms with E-state index in [0.717, 1.165) is 79.6 Å². The van der Waals surface area contributed by atoms with Crippen LogP contribution in [0.15, 0.2) is 78.1 Å². The van der Waals surface area contributed by atoms with E-state index in [4.69, 9.17) is 17.3 Å². The fraction of sp³-hybridized carbons (Fsp3) is 0.382. The molecule has 0 aliphatic heterocycles. The Morgan fingerprint density at radius 2 is 1.95 bits per heavy atom. The maximum Gasteiger partial charge on any atom is 0.224 e. The molecule has 9 heteroatoms. The summed E-state index contributed by atoms with van der Waals surface area (Å²) in [6.07, 6.45) is 12.9. The third-order valence-corrected chi connectivity index (χ3v) is 8.39. The minimum Gasteiger partial charge on any atom is -0.398 e. The maximum absolute atomic E-state index is 13.1. The predicted molar refractivity (Wildman–Crippen MR) is 175 cm³/mol. The highest BCUT2D eigenvalue weighted by atomic mass is 35.5. The smallest absolute Gasteiger partial charge is 0.224 e. The van der Waals surface area contributed by atoms with E-state index in [0.29, 0.717) is 24.2 Å². The molecule has 5 rings (SSSR count). The topological polar surface area (TPSA) is 84.4 Å². The second kappa shape index (κ2) is 15.2. The lowest BCUT2D eigenvalue weighted by molar-refractivity contribution is 0.270. The number of nitrogens with zero attached hydrogens (tertiary/aromatic N) is 5. The van der Waals surface area contributed by atoms with E-state index in [1.54, 1.807) is 12.4 Å². The van der Waals surface area contributed by atoms with Gasteiger partial charge in [0.1, 0.15) is 11.5 Å². The summed E-state index contributed by atoms with van der Waals surface area (Å²) in [5.41, 5.74) is 11.2. The summed E-state index contributed by atoms with van der Waals surface area (Å²) < 4.78 is 15.3. The van der Waals surface area contributed by atoms with Gasteiger partial charge in [-0.15, -0.1) is 0 Å². The molecule has 4 aromatic rings. The summed E-state index contributed by atoms with van der Waals surface area (Å²) in [6, 6.07) is 17.2. The second-order valence-electron chi connectivity index (χ2n) is 11.5. The number of rotatable bonds is 14. The molecule has 2 aromatic heterocycles. The molecule has 226 valence electrons. The Labute approximate surface area is 258 Å². The van der Waals surface area contributed by atoms with E-state index in [2.05, 4.69) is 55.1 Å². The van der Waals surface area contributed by atoms with Gasteiger partial charge in [-0.05, 0) is 106 Å². The van der Waals surface area contributed by atoms with Crippen LogP contribution in [0.4, 0.5) is 4.39 Å². The third-order valence-electron chi connectivity index (χ3n) is 8.20. The van der Waals surface area contributed by atoms with Gasteiger partial charge in [-0.25, -0.2) is 9.37 Å². The molecule has 0 spiro atoms. The van der Waals surface area contributed by atoms with Gasteiger partial charge in [0, 0.05) is 47.8 Å². The van der Waals surface area contributed by atoms with Gasteiger partial charge in [0.2, 0.25) is 5.28 Å². The van der Waals surface area contributed by atoms with Crippen LogP contribution in [0.25, 0.3) is 16.7 Å². The Balaban J connectivity index is 1.12. The van der Waals surface area contributed by atoms with Crippen molar-refractivity contribution in [2.45, 2.75) is 44.7 Å². The van der Waals surface area contributed by atoms with Crippen LogP contribution in [0.3, 0.4) is 0 Å². The number of benzene rings is 2. The number of halogens is 2. The first kappa shape index (κ1) is 30.9. The number of nitrogens with one attached hydrogen (secondary N) is 1. The minimum atomic E-state index is -0.184. The molecule has 1 saturated carbocycles. The molecular weight excluding hydrogens is 561 g/mol. The van der Waals surface area contributed by atoms with Crippen LogP contribution in [0.1, 0.15) is 48.4 Å². The van der Waals surface area contributed by atoms with Crippen molar-refractivity contribution < 1.29 is 4.39 Å². The molecule has 1 aliphatic rings. The van der Waals surface area contributed by atoms with Crippen LogP contribution in [-0.4, -0.2) is 58.9 Å². The van der Waals surface area contributed by atoms with E-state index in [1.165, 1.54) is 18.6 Å². The molecular formula is C34H41ClFN7. The maximum atomic E-state index is 13.1. The van der Waals surface area contributed by atoms with Crippen LogP contribution in [0.2, 0.25) is 5.28 Å². The Kier molecular flexibility index (Phi) is 10.9. The molecule has 2 aromatic carbocycles. The first-order chi connectivity index (χ1) is 21.0. The van der Waals surface area contributed by atoms with Crippen molar-refractivity contribution in [2.24, 2.45) is 16.6 Å². The quantitative estimate of drug-likeness (QED) is 0.101. The highest BCUT2D eigenvalue weighted by Gasteiger charge is 2.29. The van der Waals surface area contributed by atoms with Gasteiger partial charge < -0.3 is 20.5 Å². The fourth-order valence-electron chi connectivity index (χ4n) is 5.96. The SMILES string of the molecule is CN(CCCNCCc1ccc(F)cc1)CC1CCC(n2cc(/C(N)=C/C=NCc3ccccc3)c3cnc(Cl)nc32)C1. The molecule has 7 nitrogen and oxygen atoms in total. The first-order valence-corrected chi connectivity index (χ1v) is 15.5. The Morgan fingerprint density at radius 1 is 1.14 bits per heavy atom. The lowest BCUT2D eigenvalue weighted by atomic mass is 10.1. The predicted octanol–water partition coefficient (Wildman–Crippen LogP) is 6.29. The van der Waals surface area contributed by atoms with E-state index in [9.17, 15) is 4.39 Å². The number of aliphatic imine (C=N–C) groups is 1. The summed E-state index contributed by atoms with van der Waals surface area (Å²) in [5.74, 6) is 0.439. The van der Waals surface area contributed by atoms with Gasteiger partial charge in [0.05, 0.1) is 6.54 Å². The van der Waals surface area contributed by atoms with Crippen LogP contribution < -0.4 is 11.1 Å². The monoisotopic (exact) mass is 601 g/mol. The molecule has 0 bridgehead atoms. The highest BCUT2D eigenvalue weighted by molar-refractivity contribution is 6.28. The number of hydrogen-bond donors (Lipinski definition) is 2. The number of nitrogens with two attached hydrogens (primary N) is 1. The van der Waals surface area contributed by atoms with Crippen LogP contribution in [0, 0.1) is 11.7 Å². The molecule has 2 atom stereocenters. The lowest BCUT2D eigenvalue weighted by Crippen LogP contribution is -2.28. The van der Waals surface area contributed by atoms with Gasteiger partial charge >= 0.3 is 0 Å². The van der Waals surface area contributed by atoms with Crippen molar-refractivity contribution in [1.29, 1.82) is 0 Å². The molecule has 0 saturated heterocycles. The summed E-state index contributed by atoms with van der Waals surface area (Å²) in [5, 5.41) is 4.66. The van der Waals surface area contributed by atoms with Gasteiger partial charge in [-0.3, -0.25) is 4.99 Å². The average molecular weight is 602 g/mol. The minimum absolute atomic E-state index is 0.184. The van der Waals surface area contributed by atoms with Crippen LogP contribution in [0.5, 0.6) is 0 Å². The highest BCUT2D eigenvalue weighted by Crippen LogP contribution is 2.38. The second-order valence-corrected chi connectivity index (χ2v) is 11.8. The zero-order valence-electron chi connectivity index (χ0n) is 24.8. The van der Waals surface area contributed by atoms with Crippen molar-refractivity contribution in [1.82, 2.24) is 24.8 Å². The van der Waals surface area contributed by atoms with Gasteiger partial charge in [0.25, 0.3) is 0 Å². The molecule has 3 N–H and O–H groups in total. The van der Waals surface area contributed by atoms with E-state index in [1.807, 2.05) is 36.4 Å². The van der Waals surface area contributed by atoms with Crippen LogP contribution in [-0.2, 0) is 13.0 Å². The van der Waals surface area contributed by atoms with Crippen molar-refractivity contribution in [3.05, 3.63) is 101 Å². The number of allylic oxidation sites excluding steroid dienone is 1. The number of hydrogen-bond acceptors (Lipinski definition) is 6. The summed E-state index contributed by atoms with van der Waals surface area (Å²) in [6.45, 7) is 4.62. The Hall–Kier alpha value is -3.59. The zero-order valence-corrected chi connectivity index (χ0v) is 25.6. The first-order valence-electron chi connectivity index (χ1n) is 15.1. The average Bonchev–Trinajstić information content (AvgIpc) is 3.62. The standard InChI is InChI=1S/C34H41ClFN7/c1-42(19-5-16-38-17-14-25-8-11-28(36)12-9-25)23-27-10-13-29(20-27)43-24-31(30-22-40-34(35)41-33(30)43)32(37)15-18-39-21-26-6-3-2-4-7-26/h2-4,6-9,11-12,15,18,22,24,27,29,38H,5,10,13-14,16-17,19-21,23,37H2,1H3/b32-15-,39-18?. The third kappa shape index (κ3) is 8.72. The summed E-state index contributed by atoms with van der Waals surface area (Å²) >= 11 is 6.23. The molecule has 1 fully saturated rings. The van der Waals surface area contributed by atoms with Crippen molar-refractivity contribution in [2.75, 3.05) is 33.2 Å². The number of aromatic nitrogens is 3. The Bertz CT molecular complexity index is 1520. The molecule has 0 radical (unpaired) electrons. The van der Waals surface area contributed by atoms with Crippen molar-refractivity contribution in [3.8, 4) is 0 Å². The van der Waals surface area contributed by atoms with E-state index < -0.39 is 0 Å². The molecule has 1 aliphatic carbocycles. The zero-order chi connectivity index (χ0) is 30.0. The van der Waals surface area contributed by atoms with Gasteiger partial charge in [-0.2, -0.15) is 4.98 Å². The number of fused-ring (bicyclic) bond motifs is 1. The molecule has 0 amide bonds. The van der Waals surface area contributed by atoms with Gasteiger partial charge in [0.15, 0.2) is 0 Å². The Morgan fingerprint density at radius 3 is 2.77 bits per heavy atom. The van der Waals surface area contributed by atoms with Crippen molar-refractivity contribution >= 4 is 34.5 Å². The van der Waals surface area contributed by atoms with E-state index >= 15 is 0 Å². The fourth-order valence-corrected chi connectivity index (χ4v) is 6.09. The summed E-state index contributed by atoms with van der Waals surface area (Å²) in [4.78, 5) is 15.8. The molecule has 2 unspecified atom stereocenters. The van der Waals surface area contributed by atoms with Crippen molar-refractivity contribution in [3.63, 3.8) is 0 Å². The molecule has 2 heterocycles. The van der Waals surface area contributed by atoms with E-state index in [-0.39, 0.29) is 11.1 Å².